The number of nitrogens with zero attached hydrogens (tertiary/aromatic N) is 2. The predicted molar refractivity (Wildman–Crippen MR) is 173 cm³/mol. The van der Waals surface area contributed by atoms with Gasteiger partial charge in [0.15, 0.2) is 0 Å². The lowest BCUT2D eigenvalue weighted by Crippen LogP contribution is -2.59. The van der Waals surface area contributed by atoms with Crippen LogP contribution in [0.15, 0.2) is 85.0 Å². The summed E-state index contributed by atoms with van der Waals surface area (Å²) in [5.74, 6) is -3.64. The van der Waals surface area contributed by atoms with Crippen molar-refractivity contribution in [3.63, 3.8) is 0 Å². The number of fused-ring (bicyclic) bond motifs is 2. The molecule has 8 atom stereocenters. The van der Waals surface area contributed by atoms with Crippen LogP contribution >= 0.6 is 0 Å². The molecule has 2 fully saturated rings. The van der Waals surface area contributed by atoms with E-state index < -0.39 is 47.6 Å². The number of cyclic esters (lactones) is 1. The lowest BCUT2D eigenvalue weighted by Gasteiger charge is -2.40. The molecular weight excluding hydrogens is 598 g/mol. The first-order chi connectivity index (χ1) is 22.8. The summed E-state index contributed by atoms with van der Waals surface area (Å²) in [5.41, 5.74) is 0.242. The van der Waals surface area contributed by atoms with Crippen molar-refractivity contribution >= 4 is 23.7 Å². The molecule has 47 heavy (non-hydrogen) atoms. The summed E-state index contributed by atoms with van der Waals surface area (Å²) in [5, 5.41) is 13.7. The Labute approximate surface area is 275 Å². The summed E-state index contributed by atoms with van der Waals surface area (Å²) in [6.07, 6.45) is 7.52. The van der Waals surface area contributed by atoms with Crippen molar-refractivity contribution in [1.82, 2.24) is 15.1 Å². The van der Waals surface area contributed by atoms with E-state index in [9.17, 15) is 24.3 Å². The molecule has 3 amide bonds. The van der Waals surface area contributed by atoms with Gasteiger partial charge in [-0.15, -0.1) is 0 Å². The van der Waals surface area contributed by atoms with Crippen LogP contribution in [0.25, 0.3) is 0 Å². The summed E-state index contributed by atoms with van der Waals surface area (Å²) >= 11 is 0. The number of amides is 3. The Hall–Kier alpha value is -4.28. The minimum atomic E-state index is -1.45. The van der Waals surface area contributed by atoms with Crippen molar-refractivity contribution in [3.05, 3.63) is 96.1 Å². The number of nitrogens with one attached hydrogen (secondary N) is 1. The zero-order valence-electron chi connectivity index (χ0n) is 26.9. The molecule has 4 aliphatic heterocycles. The minimum absolute atomic E-state index is 0.0670. The molecule has 1 spiro atoms. The number of aliphatic hydroxyl groups is 1. The van der Waals surface area contributed by atoms with Gasteiger partial charge in [-0.3, -0.25) is 19.2 Å². The van der Waals surface area contributed by atoms with Gasteiger partial charge < -0.3 is 29.7 Å². The van der Waals surface area contributed by atoms with Crippen LogP contribution in [0.2, 0.25) is 0 Å². The number of aliphatic hydroxyl groups excluding tert-OH is 1. The average Bonchev–Trinajstić information content (AvgIpc) is 3.48. The highest BCUT2D eigenvalue weighted by molar-refractivity contribution is 6.00. The van der Waals surface area contributed by atoms with E-state index in [4.69, 9.17) is 9.47 Å². The van der Waals surface area contributed by atoms with Crippen LogP contribution in [-0.2, 0) is 35.2 Å². The number of allylic oxidation sites excluding steroid dienone is 1. The van der Waals surface area contributed by atoms with Crippen molar-refractivity contribution < 1.29 is 33.8 Å². The number of rotatable bonds is 7. The normalized spacial score (nSPS) is 31.3. The first-order valence-corrected chi connectivity index (χ1v) is 16.6. The first-order valence-electron chi connectivity index (χ1n) is 16.6. The highest BCUT2D eigenvalue weighted by Crippen LogP contribution is 2.54. The van der Waals surface area contributed by atoms with E-state index in [0.717, 1.165) is 11.1 Å². The topological polar surface area (TPSA) is 125 Å². The Morgan fingerprint density at radius 1 is 1.00 bits per heavy atom. The van der Waals surface area contributed by atoms with Gasteiger partial charge >= 0.3 is 5.97 Å². The van der Waals surface area contributed by atoms with E-state index in [0.29, 0.717) is 25.9 Å². The Morgan fingerprint density at radius 3 is 2.43 bits per heavy atom. The second-order valence-corrected chi connectivity index (χ2v) is 13.0. The maximum absolute atomic E-state index is 14.8. The van der Waals surface area contributed by atoms with Crippen LogP contribution in [0.1, 0.15) is 50.3 Å². The van der Waals surface area contributed by atoms with Gasteiger partial charge in [0.2, 0.25) is 17.7 Å². The molecular formula is C37H43N3O7. The Morgan fingerprint density at radius 2 is 1.72 bits per heavy atom. The number of hydrogen-bond donors (Lipinski definition) is 2. The monoisotopic (exact) mass is 641 g/mol. The Kier molecular flexibility index (Phi) is 9.61. The maximum atomic E-state index is 14.8. The molecule has 4 aliphatic rings. The number of ether oxygens (including phenoxy) is 2. The molecule has 2 aromatic rings. The number of likely N-dealkylation sites (tertiary alicyclic amines) is 1. The highest BCUT2D eigenvalue weighted by Gasteiger charge is 2.72. The molecule has 10 nitrogen and oxygen atoms in total. The third-order valence-electron chi connectivity index (χ3n) is 10.1. The smallest absolute Gasteiger partial charge is 0.306 e. The van der Waals surface area contributed by atoms with Crippen LogP contribution in [0, 0.1) is 17.8 Å². The zero-order valence-corrected chi connectivity index (χ0v) is 26.9. The van der Waals surface area contributed by atoms with E-state index in [1.165, 1.54) is 4.90 Å². The SMILES string of the molecule is CC[C@H](C)[C@H](CO)N1C(=O)[C@H]2[C@@H]3C(=O)N[C@@H](c4ccccc4)COC(=O)CC/C=C\[C@@H]3O[C@]23C=CCN(Cc2ccccc2)C(=O)[C@H]13. The van der Waals surface area contributed by atoms with Crippen LogP contribution in [0.4, 0.5) is 0 Å². The summed E-state index contributed by atoms with van der Waals surface area (Å²) in [4.78, 5) is 59.7. The van der Waals surface area contributed by atoms with Crippen LogP contribution < -0.4 is 5.32 Å². The third-order valence-corrected chi connectivity index (χ3v) is 10.1. The fourth-order valence-corrected chi connectivity index (χ4v) is 7.54. The van der Waals surface area contributed by atoms with Crippen molar-refractivity contribution in [2.75, 3.05) is 19.8 Å². The summed E-state index contributed by atoms with van der Waals surface area (Å²) in [6, 6.07) is 16.5. The molecule has 0 aliphatic carbocycles. The number of esters is 1. The summed E-state index contributed by atoms with van der Waals surface area (Å²) in [7, 11) is 0. The molecule has 0 bridgehead atoms. The van der Waals surface area contributed by atoms with Crippen LogP contribution in [0.3, 0.4) is 0 Å². The van der Waals surface area contributed by atoms with Gasteiger partial charge in [-0.1, -0.05) is 105 Å². The third kappa shape index (κ3) is 6.12. The van der Waals surface area contributed by atoms with Crippen molar-refractivity contribution in [2.45, 2.75) is 69.5 Å². The quantitative estimate of drug-likeness (QED) is 0.351. The van der Waals surface area contributed by atoms with Gasteiger partial charge in [0.25, 0.3) is 0 Å². The molecule has 248 valence electrons. The molecule has 6 rings (SSSR count). The van der Waals surface area contributed by atoms with E-state index in [1.807, 2.05) is 86.7 Å². The molecule has 0 saturated carbocycles. The van der Waals surface area contributed by atoms with Gasteiger partial charge in [0.05, 0.1) is 36.6 Å². The van der Waals surface area contributed by atoms with Crippen LogP contribution in [0.5, 0.6) is 0 Å². The summed E-state index contributed by atoms with van der Waals surface area (Å²) < 4.78 is 12.4. The molecule has 10 heteroatoms. The maximum Gasteiger partial charge on any atom is 0.306 e. The summed E-state index contributed by atoms with van der Waals surface area (Å²) in [6.45, 7) is 4.16. The fraction of sp³-hybridized carbons (Fsp3) is 0.459. The average molecular weight is 642 g/mol. The van der Waals surface area contributed by atoms with Gasteiger partial charge in [0, 0.05) is 19.5 Å². The molecule has 0 radical (unpaired) electrons. The standard InChI is InChI=1S/C37H43N3O7/c1-3-24(2)28(22-41)40-33-36(45)39(21-25-13-6-4-7-14-25)20-12-19-37(33)32(35(40)44)31-29(47-37)17-10-11-18-30(42)46-23-27(38-34(31)43)26-15-8-5-9-16-26/h4-10,12-17,19,24,27-29,31-33,41H,3,11,18,20-23H2,1-2H3,(H,38,43)/b17-10-/t24-,27+,28-,29-,31+,32+,33-,37+/m0/s1. The van der Waals surface area contributed by atoms with Gasteiger partial charge in [-0.25, -0.2) is 0 Å². The first kappa shape index (κ1) is 32.7. The lowest BCUT2D eigenvalue weighted by atomic mass is 9.77. The van der Waals surface area contributed by atoms with Gasteiger partial charge in [-0.05, 0) is 23.5 Å². The Bertz CT molecular complexity index is 1530. The highest BCUT2D eigenvalue weighted by atomic mass is 16.5. The van der Waals surface area contributed by atoms with E-state index in [-0.39, 0.29) is 43.3 Å². The number of carbonyl (C=O) groups is 4. The predicted octanol–water partition coefficient (Wildman–Crippen LogP) is 3.32. The number of carbonyl (C=O) groups excluding carboxylic acids is 4. The van der Waals surface area contributed by atoms with Crippen molar-refractivity contribution in [3.8, 4) is 0 Å². The second-order valence-electron chi connectivity index (χ2n) is 13.0. The molecule has 4 heterocycles. The van der Waals surface area contributed by atoms with Crippen molar-refractivity contribution in [2.24, 2.45) is 17.8 Å². The molecule has 0 unspecified atom stereocenters. The van der Waals surface area contributed by atoms with E-state index in [2.05, 4.69) is 5.32 Å². The second kappa shape index (κ2) is 13.8. The lowest BCUT2D eigenvalue weighted by molar-refractivity contribution is -0.152. The molecule has 2 aromatic carbocycles. The van der Waals surface area contributed by atoms with Gasteiger partial charge in [-0.2, -0.15) is 0 Å². The van der Waals surface area contributed by atoms with E-state index >= 15 is 0 Å². The van der Waals surface area contributed by atoms with E-state index in [1.54, 1.807) is 17.1 Å². The largest absolute Gasteiger partial charge is 0.463 e. The fourth-order valence-electron chi connectivity index (χ4n) is 7.54. The van der Waals surface area contributed by atoms with Crippen LogP contribution in [-0.4, -0.2) is 82.1 Å². The van der Waals surface area contributed by atoms with Crippen molar-refractivity contribution in [1.29, 1.82) is 0 Å². The minimum Gasteiger partial charge on any atom is -0.463 e. The number of hydrogen-bond acceptors (Lipinski definition) is 7. The molecule has 2 saturated heterocycles. The Balaban J connectivity index is 1.44. The molecule has 0 aromatic heterocycles. The van der Waals surface area contributed by atoms with Gasteiger partial charge in [0.1, 0.15) is 18.2 Å². The molecule has 2 N–H and O–H groups in total. The number of benzene rings is 2. The zero-order chi connectivity index (χ0) is 33.1.